The first-order valence-electron chi connectivity index (χ1n) is 6.90. The molecule has 7 heteroatoms. The summed E-state index contributed by atoms with van der Waals surface area (Å²) in [5, 5.41) is 12.2. The molecule has 1 unspecified atom stereocenters. The van der Waals surface area contributed by atoms with Gasteiger partial charge in [-0.2, -0.15) is 13.2 Å². The molecule has 1 amide bonds. The van der Waals surface area contributed by atoms with Crippen molar-refractivity contribution in [1.29, 1.82) is 0 Å². The van der Waals surface area contributed by atoms with Crippen LogP contribution >= 0.6 is 0 Å². The highest BCUT2D eigenvalue weighted by Crippen LogP contribution is 2.30. The van der Waals surface area contributed by atoms with Crippen molar-refractivity contribution < 1.29 is 23.1 Å². The molecule has 23 heavy (non-hydrogen) atoms. The quantitative estimate of drug-likeness (QED) is 0.888. The second kappa shape index (κ2) is 7.23. The van der Waals surface area contributed by atoms with Crippen LogP contribution in [0.4, 0.5) is 13.2 Å². The zero-order valence-corrected chi connectivity index (χ0v) is 12.0. The summed E-state index contributed by atoms with van der Waals surface area (Å²) >= 11 is 0. The third-order valence-electron chi connectivity index (χ3n) is 3.14. The Balaban J connectivity index is 1.98. The van der Waals surface area contributed by atoms with Gasteiger partial charge in [0, 0.05) is 19.2 Å². The molecule has 1 aromatic carbocycles. The summed E-state index contributed by atoms with van der Waals surface area (Å²) in [7, 11) is 0. The number of carbonyl (C=O) groups is 1. The lowest BCUT2D eigenvalue weighted by Crippen LogP contribution is -2.34. The molecule has 0 aliphatic rings. The Bertz CT molecular complexity index is 660. The molecule has 2 N–H and O–H groups in total. The number of nitrogens with one attached hydrogen (secondary N) is 1. The lowest BCUT2D eigenvalue weighted by molar-refractivity contribution is -0.138. The fraction of sp³-hybridized carbons (Fsp3) is 0.250. The molecule has 2 rings (SSSR count). The number of rotatable bonds is 5. The minimum atomic E-state index is -4.66. The highest BCUT2D eigenvalue weighted by molar-refractivity contribution is 5.93. The van der Waals surface area contributed by atoms with Crippen LogP contribution in [0.5, 0.6) is 0 Å². The van der Waals surface area contributed by atoms with Crippen LogP contribution in [0.3, 0.4) is 0 Å². The standard InChI is InChI=1S/C16H15F3N2O2/c17-16(18,19)13-7-4-8-20-14(13)15(23)21-10-12(22)9-11-5-2-1-3-6-11/h1-8,12,22H,9-10H2,(H,21,23). The van der Waals surface area contributed by atoms with Crippen molar-refractivity contribution in [2.75, 3.05) is 6.54 Å². The Labute approximate surface area is 131 Å². The van der Waals surface area contributed by atoms with E-state index in [9.17, 15) is 23.1 Å². The maximum absolute atomic E-state index is 12.8. The number of aliphatic hydroxyl groups is 1. The van der Waals surface area contributed by atoms with Gasteiger partial charge in [-0.05, 0) is 17.7 Å². The number of benzene rings is 1. The van der Waals surface area contributed by atoms with Gasteiger partial charge < -0.3 is 10.4 Å². The van der Waals surface area contributed by atoms with Gasteiger partial charge >= 0.3 is 6.18 Å². The lowest BCUT2D eigenvalue weighted by atomic mass is 10.1. The molecule has 4 nitrogen and oxygen atoms in total. The summed E-state index contributed by atoms with van der Waals surface area (Å²) in [6, 6.07) is 11.0. The molecule has 0 aliphatic heterocycles. The highest BCUT2D eigenvalue weighted by atomic mass is 19.4. The Morgan fingerprint density at radius 3 is 2.52 bits per heavy atom. The smallest absolute Gasteiger partial charge is 0.391 e. The second-order valence-corrected chi connectivity index (χ2v) is 4.95. The van der Waals surface area contributed by atoms with Crippen LogP contribution in [0, 0.1) is 0 Å². The van der Waals surface area contributed by atoms with Crippen molar-refractivity contribution in [3.05, 3.63) is 65.5 Å². The summed E-state index contributed by atoms with van der Waals surface area (Å²) in [6.07, 6.45) is -4.16. The number of aliphatic hydroxyl groups excluding tert-OH is 1. The molecule has 1 aromatic heterocycles. The van der Waals surface area contributed by atoms with Crippen molar-refractivity contribution in [3.8, 4) is 0 Å². The van der Waals surface area contributed by atoms with E-state index in [2.05, 4.69) is 10.3 Å². The van der Waals surface area contributed by atoms with Gasteiger partial charge in [-0.25, -0.2) is 0 Å². The van der Waals surface area contributed by atoms with Gasteiger partial charge in [0.1, 0.15) is 5.69 Å². The summed E-state index contributed by atoms with van der Waals surface area (Å²) in [6.45, 7) is -0.165. The van der Waals surface area contributed by atoms with Crippen LogP contribution < -0.4 is 5.32 Å². The summed E-state index contributed by atoms with van der Waals surface area (Å²) in [4.78, 5) is 15.4. The van der Waals surface area contributed by atoms with E-state index in [4.69, 9.17) is 0 Å². The molecular weight excluding hydrogens is 309 g/mol. The lowest BCUT2D eigenvalue weighted by Gasteiger charge is -2.14. The summed E-state index contributed by atoms with van der Waals surface area (Å²) < 4.78 is 38.5. The van der Waals surface area contributed by atoms with Crippen molar-refractivity contribution in [2.45, 2.75) is 18.7 Å². The first kappa shape index (κ1) is 17.0. The largest absolute Gasteiger partial charge is 0.418 e. The highest BCUT2D eigenvalue weighted by Gasteiger charge is 2.35. The van der Waals surface area contributed by atoms with E-state index in [0.29, 0.717) is 0 Å². The van der Waals surface area contributed by atoms with Gasteiger partial charge in [0.2, 0.25) is 0 Å². The van der Waals surface area contributed by atoms with E-state index in [-0.39, 0.29) is 13.0 Å². The molecule has 2 aromatic rings. The van der Waals surface area contributed by atoms with Gasteiger partial charge in [-0.3, -0.25) is 9.78 Å². The van der Waals surface area contributed by atoms with E-state index in [1.54, 1.807) is 0 Å². The third kappa shape index (κ3) is 4.79. The molecule has 0 bridgehead atoms. The van der Waals surface area contributed by atoms with E-state index >= 15 is 0 Å². The van der Waals surface area contributed by atoms with Crippen LogP contribution in [-0.4, -0.2) is 28.6 Å². The van der Waals surface area contributed by atoms with Crippen LogP contribution in [0.15, 0.2) is 48.7 Å². The van der Waals surface area contributed by atoms with Crippen LogP contribution in [-0.2, 0) is 12.6 Å². The molecular formula is C16H15F3N2O2. The first-order valence-corrected chi connectivity index (χ1v) is 6.90. The van der Waals surface area contributed by atoms with Crippen molar-refractivity contribution in [3.63, 3.8) is 0 Å². The van der Waals surface area contributed by atoms with E-state index in [1.807, 2.05) is 30.3 Å². The topological polar surface area (TPSA) is 62.2 Å². The van der Waals surface area contributed by atoms with Gasteiger partial charge in [-0.1, -0.05) is 30.3 Å². The number of carbonyl (C=O) groups excluding carboxylic acids is 1. The predicted octanol–water partition coefficient (Wildman–Crippen LogP) is 2.43. The van der Waals surface area contributed by atoms with Gasteiger partial charge in [0.15, 0.2) is 0 Å². The van der Waals surface area contributed by atoms with E-state index in [1.165, 1.54) is 0 Å². The maximum atomic E-state index is 12.8. The molecule has 1 atom stereocenters. The third-order valence-corrected chi connectivity index (χ3v) is 3.14. The molecule has 0 radical (unpaired) electrons. The van der Waals surface area contributed by atoms with E-state index in [0.717, 1.165) is 23.9 Å². The Morgan fingerprint density at radius 1 is 1.17 bits per heavy atom. The normalized spacial score (nSPS) is 12.7. The monoisotopic (exact) mass is 324 g/mol. The molecule has 0 fully saturated rings. The van der Waals surface area contributed by atoms with Crippen LogP contribution in [0.25, 0.3) is 0 Å². The maximum Gasteiger partial charge on any atom is 0.418 e. The Kier molecular flexibility index (Phi) is 5.33. The minimum absolute atomic E-state index is 0.165. The van der Waals surface area contributed by atoms with Gasteiger partial charge in [0.05, 0.1) is 11.7 Å². The Morgan fingerprint density at radius 2 is 1.87 bits per heavy atom. The first-order chi connectivity index (χ1) is 10.9. The number of aromatic nitrogens is 1. The van der Waals surface area contributed by atoms with Crippen LogP contribution in [0.2, 0.25) is 0 Å². The Hall–Kier alpha value is -2.41. The molecule has 1 heterocycles. The summed E-state index contributed by atoms with van der Waals surface area (Å²) in [5.41, 5.74) is -0.940. The fourth-order valence-corrected chi connectivity index (χ4v) is 2.07. The molecule has 0 saturated carbocycles. The predicted molar refractivity (Wildman–Crippen MR) is 77.7 cm³/mol. The fourth-order valence-electron chi connectivity index (χ4n) is 2.07. The number of hydrogen-bond acceptors (Lipinski definition) is 3. The SMILES string of the molecule is O=C(NCC(O)Cc1ccccc1)c1ncccc1C(F)(F)F. The van der Waals surface area contributed by atoms with Crippen LogP contribution in [0.1, 0.15) is 21.6 Å². The minimum Gasteiger partial charge on any atom is -0.391 e. The molecule has 0 aliphatic carbocycles. The number of hydrogen-bond donors (Lipinski definition) is 2. The molecule has 122 valence electrons. The summed E-state index contributed by atoms with van der Waals surface area (Å²) in [5.74, 6) is -0.968. The zero-order valence-electron chi connectivity index (χ0n) is 12.0. The average Bonchev–Trinajstić information content (AvgIpc) is 2.53. The van der Waals surface area contributed by atoms with Crippen molar-refractivity contribution in [2.24, 2.45) is 0 Å². The zero-order chi connectivity index (χ0) is 16.9. The number of alkyl halides is 3. The van der Waals surface area contributed by atoms with Gasteiger partial charge in [0.25, 0.3) is 5.91 Å². The van der Waals surface area contributed by atoms with E-state index < -0.39 is 29.4 Å². The van der Waals surface area contributed by atoms with Crippen molar-refractivity contribution in [1.82, 2.24) is 10.3 Å². The second-order valence-electron chi connectivity index (χ2n) is 4.95. The molecule has 0 saturated heterocycles. The van der Waals surface area contributed by atoms with Gasteiger partial charge in [-0.15, -0.1) is 0 Å². The van der Waals surface area contributed by atoms with Crippen molar-refractivity contribution >= 4 is 5.91 Å². The number of halogens is 3. The average molecular weight is 324 g/mol. The number of pyridine rings is 1. The number of amides is 1. The number of nitrogens with zero attached hydrogens (tertiary/aromatic N) is 1. The molecule has 0 spiro atoms.